The summed E-state index contributed by atoms with van der Waals surface area (Å²) in [7, 11) is 0. The lowest BCUT2D eigenvalue weighted by atomic mass is 10.5. The quantitative estimate of drug-likeness (QED) is 0.841. The van der Waals surface area contributed by atoms with Gasteiger partial charge in [0.25, 0.3) is 0 Å². The van der Waals surface area contributed by atoms with E-state index in [4.69, 9.17) is 16.3 Å². The molecule has 1 rings (SSSR count). The van der Waals surface area contributed by atoms with Crippen LogP contribution in [-0.4, -0.2) is 24.7 Å². The highest BCUT2D eigenvalue weighted by molar-refractivity contribution is 9.10. The maximum absolute atomic E-state index is 5.74. The Kier molecular flexibility index (Phi) is 5.22. The van der Waals surface area contributed by atoms with E-state index in [2.05, 4.69) is 33.2 Å². The molecule has 0 spiro atoms. The van der Waals surface area contributed by atoms with Crippen LogP contribution >= 0.6 is 27.5 Å². The van der Waals surface area contributed by atoms with E-state index in [0.29, 0.717) is 17.5 Å². The molecule has 0 saturated heterocycles. The largest absolute Gasteiger partial charge is 0.476 e. The molecule has 0 amide bonds. The second kappa shape index (κ2) is 6.22. The molecule has 1 aromatic rings. The molecule has 0 aromatic carbocycles. The van der Waals surface area contributed by atoms with Crippen molar-refractivity contribution < 1.29 is 4.74 Å². The molecule has 0 saturated carbocycles. The average molecular weight is 280 g/mol. The number of hydrogen-bond donors (Lipinski definition) is 1. The molecule has 0 aliphatic carbocycles. The summed E-state index contributed by atoms with van der Waals surface area (Å²) >= 11 is 9.06. The van der Waals surface area contributed by atoms with Crippen LogP contribution in [0.25, 0.3) is 0 Å². The van der Waals surface area contributed by atoms with Crippen molar-refractivity contribution in [1.82, 2.24) is 10.3 Å². The van der Waals surface area contributed by atoms with E-state index in [1.807, 2.05) is 0 Å². The SMILES string of the molecule is CCNCCOc1ncc(Cl)cc1Br. The van der Waals surface area contributed by atoms with Crippen LogP contribution in [0.5, 0.6) is 5.88 Å². The van der Waals surface area contributed by atoms with E-state index >= 15 is 0 Å². The molecule has 0 fully saturated rings. The third-order valence-corrected chi connectivity index (χ3v) is 2.32. The first kappa shape index (κ1) is 11.8. The molecule has 0 unspecified atom stereocenters. The number of nitrogens with one attached hydrogen (secondary N) is 1. The van der Waals surface area contributed by atoms with Crippen LogP contribution in [0.4, 0.5) is 0 Å². The molecule has 0 aliphatic rings. The summed E-state index contributed by atoms with van der Waals surface area (Å²) in [6.45, 7) is 4.41. The molecule has 1 N–H and O–H groups in total. The van der Waals surface area contributed by atoms with E-state index in [9.17, 15) is 0 Å². The monoisotopic (exact) mass is 278 g/mol. The minimum atomic E-state index is 0.576. The van der Waals surface area contributed by atoms with E-state index in [0.717, 1.165) is 17.6 Å². The Bertz CT molecular complexity index is 296. The normalized spacial score (nSPS) is 10.2. The van der Waals surface area contributed by atoms with Gasteiger partial charge in [-0.2, -0.15) is 0 Å². The highest BCUT2D eigenvalue weighted by atomic mass is 79.9. The molecule has 3 nitrogen and oxygen atoms in total. The van der Waals surface area contributed by atoms with Crippen molar-refractivity contribution in [1.29, 1.82) is 0 Å². The zero-order valence-electron chi connectivity index (χ0n) is 7.89. The van der Waals surface area contributed by atoms with Crippen LogP contribution in [0.1, 0.15) is 6.92 Å². The van der Waals surface area contributed by atoms with Crippen molar-refractivity contribution in [2.24, 2.45) is 0 Å². The van der Waals surface area contributed by atoms with Crippen molar-refractivity contribution >= 4 is 27.5 Å². The smallest absolute Gasteiger partial charge is 0.228 e. The number of halogens is 2. The lowest BCUT2D eigenvalue weighted by Gasteiger charge is -2.06. The molecule has 0 aliphatic heterocycles. The van der Waals surface area contributed by atoms with E-state index < -0.39 is 0 Å². The molecule has 1 heterocycles. The molecule has 14 heavy (non-hydrogen) atoms. The van der Waals surface area contributed by atoms with Gasteiger partial charge in [-0.25, -0.2) is 4.98 Å². The Balaban J connectivity index is 2.42. The Labute approximate surface area is 96.9 Å². The maximum atomic E-state index is 5.74. The third-order valence-electron chi connectivity index (χ3n) is 1.54. The Hall–Kier alpha value is -0.320. The van der Waals surface area contributed by atoms with Gasteiger partial charge in [-0.15, -0.1) is 0 Å². The first-order valence-corrected chi connectivity index (χ1v) is 5.55. The van der Waals surface area contributed by atoms with Gasteiger partial charge in [0.15, 0.2) is 0 Å². The van der Waals surface area contributed by atoms with Crippen LogP contribution in [0.3, 0.4) is 0 Å². The Morgan fingerprint density at radius 3 is 3.07 bits per heavy atom. The molecule has 78 valence electrons. The number of rotatable bonds is 5. The molecular formula is C9H12BrClN2O. The van der Waals surface area contributed by atoms with E-state index in [1.54, 1.807) is 12.3 Å². The molecule has 1 aromatic heterocycles. The van der Waals surface area contributed by atoms with Crippen LogP contribution in [-0.2, 0) is 0 Å². The molecular weight excluding hydrogens is 267 g/mol. The summed E-state index contributed by atoms with van der Waals surface area (Å²) in [5, 5.41) is 3.75. The molecule has 0 bridgehead atoms. The number of aromatic nitrogens is 1. The maximum Gasteiger partial charge on any atom is 0.228 e. The fraction of sp³-hybridized carbons (Fsp3) is 0.444. The summed E-state index contributed by atoms with van der Waals surface area (Å²) in [4.78, 5) is 4.05. The van der Waals surface area contributed by atoms with Crippen molar-refractivity contribution in [2.45, 2.75) is 6.92 Å². The Morgan fingerprint density at radius 2 is 2.43 bits per heavy atom. The van der Waals surface area contributed by atoms with Crippen molar-refractivity contribution in [2.75, 3.05) is 19.7 Å². The van der Waals surface area contributed by atoms with Gasteiger partial charge >= 0.3 is 0 Å². The van der Waals surface area contributed by atoms with Gasteiger partial charge in [0.05, 0.1) is 9.50 Å². The fourth-order valence-electron chi connectivity index (χ4n) is 0.905. The van der Waals surface area contributed by atoms with Gasteiger partial charge in [0, 0.05) is 12.7 Å². The lowest BCUT2D eigenvalue weighted by molar-refractivity contribution is 0.301. The third kappa shape index (κ3) is 3.82. The molecule has 0 atom stereocenters. The van der Waals surface area contributed by atoms with Gasteiger partial charge < -0.3 is 10.1 Å². The van der Waals surface area contributed by atoms with Crippen LogP contribution in [0, 0.1) is 0 Å². The summed E-state index contributed by atoms with van der Waals surface area (Å²) in [6.07, 6.45) is 1.56. The zero-order valence-corrected chi connectivity index (χ0v) is 10.2. The second-order valence-corrected chi connectivity index (χ2v) is 3.93. The first-order chi connectivity index (χ1) is 6.74. The number of hydrogen-bond acceptors (Lipinski definition) is 3. The fourth-order valence-corrected chi connectivity index (χ4v) is 1.66. The predicted octanol–water partition coefficient (Wildman–Crippen LogP) is 2.49. The van der Waals surface area contributed by atoms with Crippen LogP contribution in [0.2, 0.25) is 5.02 Å². The van der Waals surface area contributed by atoms with Gasteiger partial charge in [0.2, 0.25) is 5.88 Å². The highest BCUT2D eigenvalue weighted by Gasteiger charge is 2.02. The number of pyridine rings is 1. The van der Waals surface area contributed by atoms with Gasteiger partial charge in [0.1, 0.15) is 6.61 Å². The van der Waals surface area contributed by atoms with Gasteiger partial charge in [-0.3, -0.25) is 0 Å². The number of likely N-dealkylation sites (N-methyl/N-ethyl adjacent to an activating group) is 1. The van der Waals surface area contributed by atoms with Crippen LogP contribution < -0.4 is 10.1 Å². The topological polar surface area (TPSA) is 34.1 Å². The lowest BCUT2D eigenvalue weighted by Crippen LogP contribution is -2.20. The van der Waals surface area contributed by atoms with E-state index in [-0.39, 0.29) is 0 Å². The summed E-state index contributed by atoms with van der Waals surface area (Å²) in [5.41, 5.74) is 0. The minimum absolute atomic E-state index is 0.576. The second-order valence-electron chi connectivity index (χ2n) is 2.64. The van der Waals surface area contributed by atoms with Gasteiger partial charge in [-0.05, 0) is 28.5 Å². The zero-order chi connectivity index (χ0) is 10.4. The first-order valence-electron chi connectivity index (χ1n) is 4.38. The number of ether oxygens (including phenoxy) is 1. The molecule has 0 radical (unpaired) electrons. The average Bonchev–Trinajstić information content (AvgIpc) is 2.15. The highest BCUT2D eigenvalue weighted by Crippen LogP contribution is 2.24. The predicted molar refractivity (Wildman–Crippen MR) is 61.0 cm³/mol. The van der Waals surface area contributed by atoms with Gasteiger partial charge in [-0.1, -0.05) is 18.5 Å². The molecule has 5 heteroatoms. The van der Waals surface area contributed by atoms with Crippen molar-refractivity contribution in [3.05, 3.63) is 21.8 Å². The summed E-state index contributed by atoms with van der Waals surface area (Å²) < 4.78 is 6.19. The van der Waals surface area contributed by atoms with Crippen LogP contribution in [0.15, 0.2) is 16.7 Å². The Morgan fingerprint density at radius 1 is 1.64 bits per heavy atom. The summed E-state index contributed by atoms with van der Waals surface area (Å²) in [6, 6.07) is 1.76. The minimum Gasteiger partial charge on any atom is -0.476 e. The summed E-state index contributed by atoms with van der Waals surface area (Å²) in [5.74, 6) is 0.576. The van der Waals surface area contributed by atoms with Crippen molar-refractivity contribution in [3.8, 4) is 5.88 Å². The standard InChI is InChI=1S/C9H12BrClN2O/c1-2-12-3-4-14-9-8(10)5-7(11)6-13-9/h5-6,12H,2-4H2,1H3. The van der Waals surface area contributed by atoms with E-state index in [1.165, 1.54) is 0 Å². The number of nitrogens with zero attached hydrogens (tertiary/aromatic N) is 1. The van der Waals surface area contributed by atoms with Crippen molar-refractivity contribution in [3.63, 3.8) is 0 Å².